The number of aliphatic hydroxyl groups excluding tert-OH is 1. The van der Waals surface area contributed by atoms with Crippen LogP contribution in [0.4, 0.5) is 30.9 Å². The molecule has 1 unspecified atom stereocenters. The molecule has 0 saturated heterocycles. The number of hydrogen-bond acceptors (Lipinski definition) is 2. The van der Waals surface area contributed by atoms with Gasteiger partial charge >= 0.3 is 33.0 Å². The van der Waals surface area contributed by atoms with Gasteiger partial charge in [0, 0.05) is 0 Å². The molecular formula is C20H25F6N2OP. The van der Waals surface area contributed by atoms with Crippen LogP contribution in [-0.2, 0) is 0 Å². The van der Waals surface area contributed by atoms with Crippen molar-refractivity contribution in [2.24, 2.45) is 0 Å². The van der Waals surface area contributed by atoms with Gasteiger partial charge in [0.25, 0.3) is 0 Å². The number of hydrogen-bond donors (Lipinski definition) is 1. The van der Waals surface area contributed by atoms with Crippen LogP contribution in [0.1, 0.15) is 28.3 Å². The number of benzene rings is 2. The van der Waals surface area contributed by atoms with Gasteiger partial charge in [-0.2, -0.15) is 0 Å². The minimum absolute atomic E-state index is 0.0206. The van der Waals surface area contributed by atoms with Gasteiger partial charge in [-0.15, -0.1) is 0 Å². The second-order valence-electron chi connectivity index (χ2n) is 7.36. The molecule has 0 fully saturated rings. The number of aryl methyl sites for hydroxylation is 3. The number of halogens is 6. The van der Waals surface area contributed by atoms with Crippen LogP contribution < -0.4 is 4.90 Å². The Morgan fingerprint density at radius 2 is 1.47 bits per heavy atom. The fraction of sp³-hybridized carbons (Fsp3) is 0.350. The molecule has 0 amide bonds. The SMILES string of the molecule is Cc1cc(C)c(N2C=[N+](C(CO)c3ccccc3)CC2)c(C)c1.F[P-](F)(F)(F)(F)F. The molecule has 1 heterocycles. The molecule has 0 spiro atoms. The standard InChI is InChI=1S/C20H25N2O.F6P/c1-15-11-16(2)20(17(3)12-15)22-10-9-21(14-22)19(13-23)18-7-5-4-6-8-18;1-7(2,3,4,5)6/h4-8,11-12,14,19,23H,9-10,13H2,1-3H3;/q+1;-1. The van der Waals surface area contributed by atoms with Gasteiger partial charge in [-0.3, -0.25) is 4.58 Å². The van der Waals surface area contributed by atoms with Crippen LogP contribution in [0.25, 0.3) is 0 Å². The Hall–Kier alpha value is -2.12. The molecule has 0 aliphatic carbocycles. The zero-order chi connectivity index (χ0) is 22.8. The second-order valence-corrected chi connectivity index (χ2v) is 9.28. The Morgan fingerprint density at radius 1 is 0.967 bits per heavy atom. The van der Waals surface area contributed by atoms with Crippen LogP contribution in [0.5, 0.6) is 0 Å². The number of aliphatic hydroxyl groups is 1. The molecule has 3 rings (SSSR count). The van der Waals surface area contributed by atoms with Crippen molar-refractivity contribution in [1.29, 1.82) is 0 Å². The molecule has 1 aliphatic rings. The maximum absolute atomic E-state index is 10.7. The van der Waals surface area contributed by atoms with Crippen molar-refractivity contribution in [2.45, 2.75) is 26.8 Å². The van der Waals surface area contributed by atoms with E-state index in [1.54, 1.807) is 0 Å². The normalized spacial score (nSPS) is 17.4. The van der Waals surface area contributed by atoms with Gasteiger partial charge in [-0.1, -0.05) is 48.0 Å². The summed E-state index contributed by atoms with van der Waals surface area (Å²) in [5.74, 6) is 0. The average molecular weight is 454 g/mol. The van der Waals surface area contributed by atoms with E-state index in [-0.39, 0.29) is 12.6 Å². The number of anilines is 1. The summed E-state index contributed by atoms with van der Waals surface area (Å²) in [6.07, 6.45) is 2.17. The monoisotopic (exact) mass is 454 g/mol. The predicted molar refractivity (Wildman–Crippen MR) is 109 cm³/mol. The molecule has 0 aromatic heterocycles. The molecule has 2 aromatic carbocycles. The van der Waals surface area contributed by atoms with Crippen LogP contribution in [0.3, 0.4) is 0 Å². The summed E-state index contributed by atoms with van der Waals surface area (Å²) < 4.78 is 61.4. The van der Waals surface area contributed by atoms with Gasteiger partial charge in [0.1, 0.15) is 24.8 Å². The van der Waals surface area contributed by atoms with E-state index in [4.69, 9.17) is 0 Å². The Morgan fingerprint density at radius 3 is 1.93 bits per heavy atom. The summed E-state index contributed by atoms with van der Waals surface area (Å²) in [5, 5.41) is 9.86. The molecule has 1 aliphatic heterocycles. The van der Waals surface area contributed by atoms with Crippen LogP contribution in [0, 0.1) is 20.8 Å². The van der Waals surface area contributed by atoms with Gasteiger partial charge < -0.3 is 5.11 Å². The fourth-order valence-corrected chi connectivity index (χ4v) is 3.63. The molecular weight excluding hydrogens is 429 g/mol. The van der Waals surface area contributed by atoms with Crippen LogP contribution in [0.15, 0.2) is 42.5 Å². The van der Waals surface area contributed by atoms with E-state index in [2.05, 4.69) is 60.9 Å². The van der Waals surface area contributed by atoms with E-state index < -0.39 is 7.81 Å². The number of rotatable bonds is 4. The van der Waals surface area contributed by atoms with Gasteiger partial charge in [0.05, 0.1) is 6.61 Å². The van der Waals surface area contributed by atoms with Crippen molar-refractivity contribution in [3.63, 3.8) is 0 Å². The zero-order valence-corrected chi connectivity index (χ0v) is 17.8. The van der Waals surface area contributed by atoms with Gasteiger partial charge in [0.15, 0.2) is 0 Å². The van der Waals surface area contributed by atoms with Gasteiger partial charge in [0.2, 0.25) is 6.34 Å². The summed E-state index contributed by atoms with van der Waals surface area (Å²) in [7, 11) is -10.7. The molecule has 0 saturated carbocycles. The quantitative estimate of drug-likeness (QED) is 0.321. The Balaban J connectivity index is 0.000000396. The molecule has 1 N–H and O–H groups in total. The first-order valence-corrected chi connectivity index (χ1v) is 11.3. The van der Waals surface area contributed by atoms with Crippen LogP contribution >= 0.6 is 7.81 Å². The van der Waals surface area contributed by atoms with E-state index >= 15 is 0 Å². The van der Waals surface area contributed by atoms with Crippen molar-refractivity contribution in [3.8, 4) is 0 Å². The molecule has 0 radical (unpaired) electrons. The number of nitrogens with zero attached hydrogens (tertiary/aromatic N) is 2. The summed E-state index contributed by atoms with van der Waals surface area (Å²) in [4.78, 5) is 2.32. The summed E-state index contributed by atoms with van der Waals surface area (Å²) >= 11 is 0. The van der Waals surface area contributed by atoms with E-state index in [9.17, 15) is 30.3 Å². The fourth-order valence-electron chi connectivity index (χ4n) is 3.63. The second kappa shape index (κ2) is 7.85. The molecule has 168 valence electrons. The van der Waals surface area contributed by atoms with Gasteiger partial charge in [-0.25, -0.2) is 4.90 Å². The average Bonchev–Trinajstić information content (AvgIpc) is 3.02. The first-order chi connectivity index (χ1) is 13.5. The molecule has 10 heteroatoms. The van der Waals surface area contributed by atoms with Crippen LogP contribution in [-0.4, -0.2) is 35.7 Å². The van der Waals surface area contributed by atoms with Crippen molar-refractivity contribution in [3.05, 3.63) is 64.7 Å². The molecule has 30 heavy (non-hydrogen) atoms. The third kappa shape index (κ3) is 7.95. The Kier molecular flexibility index (Phi) is 6.32. The molecule has 2 aromatic rings. The molecule has 0 bridgehead atoms. The first-order valence-electron chi connectivity index (χ1n) is 9.22. The molecule has 3 nitrogen and oxygen atoms in total. The van der Waals surface area contributed by atoms with E-state index in [1.807, 2.05) is 18.2 Å². The van der Waals surface area contributed by atoms with Crippen molar-refractivity contribution in [1.82, 2.24) is 0 Å². The zero-order valence-electron chi connectivity index (χ0n) is 16.9. The summed E-state index contributed by atoms with van der Waals surface area (Å²) in [5.41, 5.74) is 6.37. The van der Waals surface area contributed by atoms with E-state index in [0.29, 0.717) is 0 Å². The van der Waals surface area contributed by atoms with Crippen molar-refractivity contribution in [2.75, 3.05) is 24.6 Å². The Bertz CT molecular complexity index is 895. The summed E-state index contributed by atoms with van der Waals surface area (Å²) in [6, 6.07) is 14.7. The summed E-state index contributed by atoms with van der Waals surface area (Å²) in [6.45, 7) is 8.49. The predicted octanol–water partition coefficient (Wildman–Crippen LogP) is 6.59. The van der Waals surface area contributed by atoms with Gasteiger partial charge in [-0.05, 0) is 37.5 Å². The van der Waals surface area contributed by atoms with E-state index in [1.165, 1.54) is 22.4 Å². The molecule has 1 atom stereocenters. The Labute approximate surface area is 171 Å². The van der Waals surface area contributed by atoms with Crippen molar-refractivity contribution < 1.29 is 34.9 Å². The first kappa shape index (κ1) is 24.2. The van der Waals surface area contributed by atoms with E-state index in [0.717, 1.165) is 18.7 Å². The topological polar surface area (TPSA) is 26.5 Å². The maximum atomic E-state index is 9.87. The third-order valence-corrected chi connectivity index (χ3v) is 4.57. The third-order valence-electron chi connectivity index (χ3n) is 4.57. The van der Waals surface area contributed by atoms with Crippen molar-refractivity contribution >= 4 is 19.8 Å². The van der Waals surface area contributed by atoms with Crippen LogP contribution in [0.2, 0.25) is 0 Å². The minimum atomic E-state index is -10.7.